The van der Waals surface area contributed by atoms with E-state index in [2.05, 4.69) is 10.6 Å². The number of ether oxygens (including phenoxy) is 2. The highest BCUT2D eigenvalue weighted by atomic mass is 16.5. The molecule has 1 aromatic rings. The summed E-state index contributed by atoms with van der Waals surface area (Å²) in [6.07, 6.45) is 2.44. The number of hydrogen-bond donors (Lipinski definition) is 2. The number of amides is 1. The highest BCUT2D eigenvalue weighted by molar-refractivity contribution is 5.92. The average molecular weight is 264 g/mol. The van der Waals surface area contributed by atoms with E-state index in [9.17, 15) is 4.79 Å². The van der Waals surface area contributed by atoms with Gasteiger partial charge in [0.05, 0.1) is 19.8 Å². The molecular weight excluding hydrogens is 244 g/mol. The molecule has 0 aliphatic carbocycles. The largest absolute Gasteiger partial charge is 0.497 e. The van der Waals surface area contributed by atoms with Gasteiger partial charge >= 0.3 is 0 Å². The van der Waals surface area contributed by atoms with Gasteiger partial charge in [0.1, 0.15) is 5.75 Å². The van der Waals surface area contributed by atoms with Crippen molar-refractivity contribution >= 4 is 11.6 Å². The number of nitrogens with one attached hydrogen (secondary N) is 2. The van der Waals surface area contributed by atoms with Crippen LogP contribution in [0.5, 0.6) is 5.75 Å². The van der Waals surface area contributed by atoms with Crippen molar-refractivity contribution < 1.29 is 14.3 Å². The molecule has 5 nitrogen and oxygen atoms in total. The summed E-state index contributed by atoms with van der Waals surface area (Å²) in [4.78, 5) is 11.7. The van der Waals surface area contributed by atoms with Gasteiger partial charge in [-0.25, -0.2) is 0 Å². The SMILES string of the molecule is COc1cccc(NC(=O)CNC[C@H]2CCCO2)c1. The lowest BCUT2D eigenvalue weighted by atomic mass is 10.2. The average Bonchev–Trinajstić information content (AvgIpc) is 2.92. The summed E-state index contributed by atoms with van der Waals surface area (Å²) in [5.41, 5.74) is 0.739. The Morgan fingerprint density at radius 1 is 1.53 bits per heavy atom. The summed E-state index contributed by atoms with van der Waals surface area (Å²) in [6, 6.07) is 7.30. The number of carbonyl (C=O) groups is 1. The zero-order chi connectivity index (χ0) is 13.5. The van der Waals surface area contributed by atoms with Crippen molar-refractivity contribution in [2.24, 2.45) is 0 Å². The van der Waals surface area contributed by atoms with Crippen LogP contribution in [0, 0.1) is 0 Å². The lowest BCUT2D eigenvalue weighted by molar-refractivity contribution is -0.115. The molecule has 2 N–H and O–H groups in total. The molecule has 19 heavy (non-hydrogen) atoms. The third-order valence-corrected chi connectivity index (χ3v) is 3.04. The van der Waals surface area contributed by atoms with Crippen LogP contribution in [0.25, 0.3) is 0 Å². The van der Waals surface area contributed by atoms with E-state index in [-0.39, 0.29) is 18.6 Å². The Hall–Kier alpha value is -1.59. The van der Waals surface area contributed by atoms with Gasteiger partial charge in [0.25, 0.3) is 0 Å². The minimum absolute atomic E-state index is 0.0637. The highest BCUT2D eigenvalue weighted by Gasteiger charge is 2.15. The van der Waals surface area contributed by atoms with Crippen LogP contribution in [0.1, 0.15) is 12.8 Å². The van der Waals surface area contributed by atoms with Crippen molar-refractivity contribution in [2.45, 2.75) is 18.9 Å². The van der Waals surface area contributed by atoms with Crippen LogP contribution < -0.4 is 15.4 Å². The lowest BCUT2D eigenvalue weighted by Crippen LogP contribution is -2.33. The summed E-state index contributed by atoms with van der Waals surface area (Å²) in [5.74, 6) is 0.663. The van der Waals surface area contributed by atoms with E-state index >= 15 is 0 Å². The minimum atomic E-state index is -0.0637. The van der Waals surface area contributed by atoms with Gasteiger partial charge in [-0.1, -0.05) is 6.07 Å². The van der Waals surface area contributed by atoms with Gasteiger partial charge in [0.15, 0.2) is 0 Å². The number of methoxy groups -OCH3 is 1. The van der Waals surface area contributed by atoms with Gasteiger partial charge in [-0.15, -0.1) is 0 Å². The van der Waals surface area contributed by atoms with E-state index < -0.39 is 0 Å². The van der Waals surface area contributed by atoms with Crippen molar-refractivity contribution in [3.63, 3.8) is 0 Å². The van der Waals surface area contributed by atoms with Crippen molar-refractivity contribution in [2.75, 3.05) is 32.1 Å². The Kier molecular flexibility index (Phi) is 5.18. The maximum Gasteiger partial charge on any atom is 0.238 e. The molecule has 1 aromatic carbocycles. The Morgan fingerprint density at radius 2 is 2.42 bits per heavy atom. The number of carbonyl (C=O) groups excluding carboxylic acids is 1. The molecule has 2 rings (SSSR count). The minimum Gasteiger partial charge on any atom is -0.497 e. The standard InChI is InChI=1S/C14H20N2O3/c1-18-12-5-2-4-11(8-12)16-14(17)10-15-9-13-6-3-7-19-13/h2,4-5,8,13,15H,3,6-7,9-10H2,1H3,(H,16,17)/t13-/m1/s1. The molecule has 104 valence electrons. The van der Waals surface area contributed by atoms with Gasteiger partial charge < -0.3 is 20.1 Å². The van der Waals surface area contributed by atoms with Crippen LogP contribution in [0.4, 0.5) is 5.69 Å². The fourth-order valence-electron chi connectivity index (χ4n) is 2.06. The van der Waals surface area contributed by atoms with Gasteiger partial charge in [-0.05, 0) is 25.0 Å². The second-order valence-corrected chi connectivity index (χ2v) is 4.55. The topological polar surface area (TPSA) is 59.6 Å². The third kappa shape index (κ3) is 4.54. The van der Waals surface area contributed by atoms with E-state index in [1.54, 1.807) is 13.2 Å². The van der Waals surface area contributed by atoms with Gasteiger partial charge in [-0.2, -0.15) is 0 Å². The first-order chi connectivity index (χ1) is 9.28. The van der Waals surface area contributed by atoms with Gasteiger partial charge in [-0.3, -0.25) is 4.79 Å². The summed E-state index contributed by atoms with van der Waals surface area (Å²) in [5, 5.41) is 5.93. The second kappa shape index (κ2) is 7.11. The van der Waals surface area contributed by atoms with Crippen LogP contribution in [-0.4, -0.2) is 38.8 Å². The first-order valence-corrected chi connectivity index (χ1v) is 6.54. The van der Waals surface area contributed by atoms with Crippen LogP contribution >= 0.6 is 0 Å². The Bertz CT molecular complexity index is 417. The molecule has 1 atom stereocenters. The number of hydrogen-bond acceptors (Lipinski definition) is 4. The maximum absolute atomic E-state index is 11.7. The maximum atomic E-state index is 11.7. The molecule has 1 heterocycles. The molecule has 0 saturated carbocycles. The van der Waals surface area contributed by atoms with Crippen molar-refractivity contribution in [1.82, 2.24) is 5.32 Å². The molecular formula is C14H20N2O3. The zero-order valence-corrected chi connectivity index (χ0v) is 11.1. The molecule has 1 fully saturated rings. The first kappa shape index (κ1) is 13.8. The van der Waals surface area contributed by atoms with Crippen molar-refractivity contribution in [1.29, 1.82) is 0 Å². The fourth-order valence-corrected chi connectivity index (χ4v) is 2.06. The lowest BCUT2D eigenvalue weighted by Gasteiger charge is -2.11. The summed E-state index contributed by atoms with van der Waals surface area (Å²) in [6.45, 7) is 1.85. The number of rotatable bonds is 6. The molecule has 1 saturated heterocycles. The van der Waals surface area contributed by atoms with Crippen molar-refractivity contribution in [3.05, 3.63) is 24.3 Å². The fraction of sp³-hybridized carbons (Fsp3) is 0.500. The molecule has 0 radical (unpaired) electrons. The summed E-state index contributed by atoms with van der Waals surface area (Å²) in [7, 11) is 1.60. The van der Waals surface area contributed by atoms with E-state index in [1.165, 1.54) is 0 Å². The van der Waals surface area contributed by atoms with Crippen LogP contribution in [0.3, 0.4) is 0 Å². The van der Waals surface area contributed by atoms with Gasteiger partial charge in [0, 0.05) is 24.9 Å². The molecule has 1 aliphatic rings. The number of anilines is 1. The second-order valence-electron chi connectivity index (χ2n) is 4.55. The zero-order valence-electron chi connectivity index (χ0n) is 11.1. The third-order valence-electron chi connectivity index (χ3n) is 3.04. The van der Waals surface area contributed by atoms with E-state index in [0.717, 1.165) is 37.4 Å². The van der Waals surface area contributed by atoms with E-state index in [0.29, 0.717) is 0 Å². The Morgan fingerprint density at radius 3 is 3.16 bits per heavy atom. The molecule has 0 bridgehead atoms. The van der Waals surface area contributed by atoms with Gasteiger partial charge in [0.2, 0.25) is 5.91 Å². The molecule has 5 heteroatoms. The van der Waals surface area contributed by atoms with Crippen molar-refractivity contribution in [3.8, 4) is 5.75 Å². The predicted octanol–water partition coefficient (Wildman–Crippen LogP) is 1.40. The molecule has 0 aromatic heterocycles. The van der Waals surface area contributed by atoms with E-state index in [4.69, 9.17) is 9.47 Å². The Balaban J connectivity index is 1.70. The summed E-state index contributed by atoms with van der Waals surface area (Å²) >= 11 is 0. The highest BCUT2D eigenvalue weighted by Crippen LogP contribution is 2.16. The van der Waals surface area contributed by atoms with E-state index in [1.807, 2.05) is 18.2 Å². The summed E-state index contributed by atoms with van der Waals surface area (Å²) < 4.78 is 10.6. The predicted molar refractivity (Wildman–Crippen MR) is 73.5 cm³/mol. The number of benzene rings is 1. The molecule has 0 spiro atoms. The Labute approximate surface area is 113 Å². The molecule has 1 aliphatic heterocycles. The smallest absolute Gasteiger partial charge is 0.238 e. The monoisotopic (exact) mass is 264 g/mol. The van der Waals surface area contributed by atoms with Crippen LogP contribution in [0.2, 0.25) is 0 Å². The quantitative estimate of drug-likeness (QED) is 0.815. The normalized spacial score (nSPS) is 18.3. The van der Waals surface area contributed by atoms with Crippen LogP contribution in [0.15, 0.2) is 24.3 Å². The van der Waals surface area contributed by atoms with Crippen LogP contribution in [-0.2, 0) is 9.53 Å². The molecule has 1 amide bonds. The first-order valence-electron chi connectivity index (χ1n) is 6.54. The molecule has 0 unspecified atom stereocenters.